The lowest BCUT2D eigenvalue weighted by molar-refractivity contribution is -0.145. The molecule has 1 unspecified atom stereocenters. The van der Waals surface area contributed by atoms with Crippen LogP contribution in [-0.4, -0.2) is 35.6 Å². The van der Waals surface area contributed by atoms with Gasteiger partial charge in [0, 0.05) is 6.42 Å². The summed E-state index contributed by atoms with van der Waals surface area (Å²) in [6.45, 7) is 1.96. The third-order valence-electron chi connectivity index (χ3n) is 2.54. The molecule has 0 aromatic carbocycles. The van der Waals surface area contributed by atoms with E-state index in [2.05, 4.69) is 10.1 Å². The van der Waals surface area contributed by atoms with Crippen LogP contribution in [0.5, 0.6) is 0 Å². The molecule has 1 fully saturated rings. The van der Waals surface area contributed by atoms with E-state index in [1.807, 2.05) is 0 Å². The zero-order valence-electron chi connectivity index (χ0n) is 9.77. The molecule has 6 nitrogen and oxygen atoms in total. The number of amides is 1. The van der Waals surface area contributed by atoms with Crippen LogP contribution in [0.1, 0.15) is 32.6 Å². The van der Waals surface area contributed by atoms with Crippen molar-refractivity contribution >= 4 is 17.8 Å². The fourth-order valence-electron chi connectivity index (χ4n) is 1.51. The molecular formula is C11H17NO5. The second kappa shape index (κ2) is 6.22. The molecule has 1 saturated carbocycles. The Labute approximate surface area is 99.3 Å². The van der Waals surface area contributed by atoms with Crippen molar-refractivity contribution in [1.82, 2.24) is 5.32 Å². The van der Waals surface area contributed by atoms with Gasteiger partial charge in [0.15, 0.2) is 0 Å². The van der Waals surface area contributed by atoms with Gasteiger partial charge in [-0.15, -0.1) is 0 Å². The van der Waals surface area contributed by atoms with Gasteiger partial charge in [0.05, 0.1) is 13.0 Å². The summed E-state index contributed by atoms with van der Waals surface area (Å²) in [7, 11) is 0. The van der Waals surface area contributed by atoms with Gasteiger partial charge in [-0.05, 0) is 25.7 Å². The predicted octanol–water partition coefficient (Wildman–Crippen LogP) is 0.309. The van der Waals surface area contributed by atoms with E-state index in [0.29, 0.717) is 0 Å². The van der Waals surface area contributed by atoms with E-state index in [-0.39, 0.29) is 25.4 Å². The van der Waals surface area contributed by atoms with Crippen LogP contribution in [0.25, 0.3) is 0 Å². The van der Waals surface area contributed by atoms with Crippen LogP contribution in [0.2, 0.25) is 0 Å². The minimum Gasteiger partial charge on any atom is -0.480 e. The molecule has 2 N–H and O–H groups in total. The molecule has 0 aliphatic heterocycles. The SMILES string of the molecule is CCOC(=O)CCC(=O)NC(C(=O)O)C1CC1. The second-order valence-electron chi connectivity index (χ2n) is 4.03. The smallest absolute Gasteiger partial charge is 0.326 e. The highest BCUT2D eigenvalue weighted by atomic mass is 16.5. The summed E-state index contributed by atoms with van der Waals surface area (Å²) < 4.78 is 4.67. The zero-order valence-corrected chi connectivity index (χ0v) is 9.77. The number of carboxylic acids is 1. The number of carbonyl (C=O) groups is 3. The highest BCUT2D eigenvalue weighted by Crippen LogP contribution is 2.32. The lowest BCUT2D eigenvalue weighted by Crippen LogP contribution is -2.42. The molecule has 1 amide bonds. The van der Waals surface area contributed by atoms with Gasteiger partial charge in [0.25, 0.3) is 0 Å². The Hall–Kier alpha value is -1.59. The molecule has 0 aromatic heterocycles. The van der Waals surface area contributed by atoms with Crippen molar-refractivity contribution in [2.45, 2.75) is 38.6 Å². The first-order valence-electron chi connectivity index (χ1n) is 5.72. The van der Waals surface area contributed by atoms with Crippen LogP contribution < -0.4 is 5.32 Å². The first-order valence-corrected chi connectivity index (χ1v) is 5.72. The standard InChI is InChI=1S/C11H17NO5/c1-2-17-9(14)6-5-8(13)12-10(11(15)16)7-3-4-7/h7,10H,2-6H2,1H3,(H,12,13)(H,15,16). The molecule has 1 atom stereocenters. The summed E-state index contributed by atoms with van der Waals surface area (Å²) in [6.07, 6.45) is 1.61. The van der Waals surface area contributed by atoms with E-state index in [1.54, 1.807) is 6.92 Å². The molecule has 0 aromatic rings. The van der Waals surface area contributed by atoms with Crippen molar-refractivity contribution in [3.05, 3.63) is 0 Å². The topological polar surface area (TPSA) is 92.7 Å². The van der Waals surface area contributed by atoms with Crippen molar-refractivity contribution in [2.75, 3.05) is 6.61 Å². The van der Waals surface area contributed by atoms with Gasteiger partial charge in [-0.2, -0.15) is 0 Å². The van der Waals surface area contributed by atoms with Gasteiger partial charge in [0.2, 0.25) is 5.91 Å². The van der Waals surface area contributed by atoms with E-state index in [1.165, 1.54) is 0 Å². The summed E-state index contributed by atoms with van der Waals surface area (Å²) in [5, 5.41) is 11.3. The lowest BCUT2D eigenvalue weighted by Gasteiger charge is -2.13. The van der Waals surface area contributed by atoms with E-state index in [4.69, 9.17) is 5.11 Å². The number of carbonyl (C=O) groups excluding carboxylic acids is 2. The molecular weight excluding hydrogens is 226 g/mol. The highest BCUT2D eigenvalue weighted by Gasteiger charge is 2.37. The van der Waals surface area contributed by atoms with Crippen LogP contribution in [0.3, 0.4) is 0 Å². The Morgan fingerprint density at radius 2 is 2.00 bits per heavy atom. The predicted molar refractivity (Wildman–Crippen MR) is 58.2 cm³/mol. The molecule has 0 heterocycles. The molecule has 1 rings (SSSR count). The summed E-state index contributed by atoms with van der Waals surface area (Å²) in [5.41, 5.74) is 0. The number of rotatable bonds is 7. The van der Waals surface area contributed by atoms with E-state index in [0.717, 1.165) is 12.8 Å². The Balaban J connectivity index is 2.27. The van der Waals surface area contributed by atoms with Gasteiger partial charge in [-0.1, -0.05) is 0 Å². The van der Waals surface area contributed by atoms with E-state index in [9.17, 15) is 14.4 Å². The van der Waals surface area contributed by atoms with Gasteiger partial charge >= 0.3 is 11.9 Å². The highest BCUT2D eigenvalue weighted by molar-refractivity contribution is 5.86. The van der Waals surface area contributed by atoms with Crippen LogP contribution >= 0.6 is 0 Å². The minimum atomic E-state index is -1.02. The Kier molecular flexibility index (Phi) is 4.93. The second-order valence-corrected chi connectivity index (χ2v) is 4.03. The molecule has 0 bridgehead atoms. The van der Waals surface area contributed by atoms with Crippen molar-refractivity contribution in [3.63, 3.8) is 0 Å². The zero-order chi connectivity index (χ0) is 12.8. The number of carboxylic acid groups (broad SMARTS) is 1. The van der Waals surface area contributed by atoms with Crippen molar-refractivity contribution < 1.29 is 24.2 Å². The fourth-order valence-corrected chi connectivity index (χ4v) is 1.51. The van der Waals surface area contributed by atoms with Crippen LogP contribution in [-0.2, 0) is 19.1 Å². The summed E-state index contributed by atoms with van der Waals surface area (Å²) in [4.78, 5) is 33.3. The van der Waals surface area contributed by atoms with Gasteiger partial charge < -0.3 is 15.2 Å². The molecule has 1 aliphatic carbocycles. The lowest BCUT2D eigenvalue weighted by atomic mass is 10.2. The molecule has 1 aliphatic rings. The summed E-state index contributed by atoms with van der Waals surface area (Å²) in [6, 6.07) is -0.815. The maximum absolute atomic E-state index is 11.4. The molecule has 6 heteroatoms. The Morgan fingerprint density at radius 1 is 1.35 bits per heavy atom. The first kappa shape index (κ1) is 13.5. The minimum absolute atomic E-state index is 0.0172. The largest absolute Gasteiger partial charge is 0.480 e. The summed E-state index contributed by atoms with van der Waals surface area (Å²) in [5.74, 6) is -1.84. The number of esters is 1. The normalized spacial score (nSPS) is 16.1. The third kappa shape index (κ3) is 4.84. The fraction of sp³-hybridized carbons (Fsp3) is 0.727. The van der Waals surface area contributed by atoms with Gasteiger partial charge in [0.1, 0.15) is 6.04 Å². The number of hydrogen-bond acceptors (Lipinski definition) is 4. The molecule has 0 saturated heterocycles. The van der Waals surface area contributed by atoms with Crippen molar-refractivity contribution in [2.24, 2.45) is 5.92 Å². The number of ether oxygens (including phenoxy) is 1. The van der Waals surface area contributed by atoms with Crippen LogP contribution in [0.4, 0.5) is 0 Å². The molecule has 96 valence electrons. The maximum atomic E-state index is 11.4. The first-order chi connectivity index (χ1) is 8.04. The Bertz CT molecular complexity index is 311. The van der Waals surface area contributed by atoms with Crippen molar-refractivity contribution in [3.8, 4) is 0 Å². The average molecular weight is 243 g/mol. The third-order valence-corrected chi connectivity index (χ3v) is 2.54. The number of aliphatic carboxylic acids is 1. The van der Waals surface area contributed by atoms with E-state index < -0.39 is 23.9 Å². The quantitative estimate of drug-likeness (QED) is 0.628. The summed E-state index contributed by atoms with van der Waals surface area (Å²) >= 11 is 0. The Morgan fingerprint density at radius 3 is 2.47 bits per heavy atom. The maximum Gasteiger partial charge on any atom is 0.326 e. The van der Waals surface area contributed by atoms with Crippen LogP contribution in [0.15, 0.2) is 0 Å². The number of nitrogens with one attached hydrogen (secondary N) is 1. The number of hydrogen-bond donors (Lipinski definition) is 2. The van der Waals surface area contributed by atoms with Crippen LogP contribution in [0, 0.1) is 5.92 Å². The van der Waals surface area contributed by atoms with Crippen molar-refractivity contribution in [1.29, 1.82) is 0 Å². The van der Waals surface area contributed by atoms with Gasteiger partial charge in [-0.25, -0.2) is 4.79 Å². The molecule has 0 radical (unpaired) electrons. The molecule has 17 heavy (non-hydrogen) atoms. The molecule has 0 spiro atoms. The average Bonchev–Trinajstić information content (AvgIpc) is 3.07. The van der Waals surface area contributed by atoms with Gasteiger partial charge in [-0.3, -0.25) is 9.59 Å². The monoisotopic (exact) mass is 243 g/mol. The van der Waals surface area contributed by atoms with E-state index >= 15 is 0 Å².